The van der Waals surface area contributed by atoms with Gasteiger partial charge in [-0.1, -0.05) is 12.1 Å². The summed E-state index contributed by atoms with van der Waals surface area (Å²) in [6, 6.07) is 14.3. The molecular weight excluding hydrogens is 382 g/mol. The number of primary amides is 1. The van der Waals surface area contributed by atoms with Gasteiger partial charge >= 0.3 is 0 Å². The lowest BCUT2D eigenvalue weighted by molar-refractivity contribution is -0.116. The first-order valence-corrected chi connectivity index (χ1v) is 9.60. The Hall–Kier alpha value is -3.68. The Morgan fingerprint density at radius 3 is 2.60 bits per heavy atom. The van der Waals surface area contributed by atoms with E-state index in [0.717, 1.165) is 5.69 Å². The van der Waals surface area contributed by atoms with Crippen LogP contribution in [-0.2, 0) is 11.2 Å². The number of hydrogen-bond acceptors (Lipinski definition) is 5. The normalized spacial score (nSPS) is 11.2. The predicted octanol–water partition coefficient (Wildman–Crippen LogP) is 3.11. The molecule has 30 heavy (non-hydrogen) atoms. The van der Waals surface area contributed by atoms with Crippen LogP contribution in [0.1, 0.15) is 43.4 Å². The molecule has 3 aromatic rings. The fourth-order valence-electron chi connectivity index (χ4n) is 2.76. The largest absolute Gasteiger partial charge is 0.472 e. The van der Waals surface area contributed by atoms with Crippen LogP contribution >= 0.6 is 0 Å². The summed E-state index contributed by atoms with van der Waals surface area (Å²) in [5, 5.41) is 6.99. The van der Waals surface area contributed by atoms with E-state index >= 15 is 0 Å². The summed E-state index contributed by atoms with van der Waals surface area (Å²) >= 11 is 0. The van der Waals surface area contributed by atoms with E-state index in [9.17, 15) is 9.59 Å². The van der Waals surface area contributed by atoms with E-state index in [2.05, 4.69) is 15.4 Å². The second-order valence-corrected chi connectivity index (χ2v) is 7.79. The average molecular weight is 407 g/mol. The zero-order chi connectivity index (χ0) is 21.7. The minimum atomic E-state index is -0.594. The van der Waals surface area contributed by atoms with Crippen LogP contribution in [0.4, 0.5) is 5.69 Å². The fourth-order valence-corrected chi connectivity index (χ4v) is 2.76. The number of benzene rings is 1. The summed E-state index contributed by atoms with van der Waals surface area (Å²) < 4.78 is 7.30. The molecule has 0 aliphatic heterocycles. The number of hydrogen-bond donors (Lipinski definition) is 2. The number of aromatic nitrogens is 3. The van der Waals surface area contributed by atoms with Crippen molar-refractivity contribution in [3.63, 3.8) is 0 Å². The summed E-state index contributed by atoms with van der Waals surface area (Å²) in [4.78, 5) is 28.1. The molecule has 0 saturated heterocycles. The second kappa shape index (κ2) is 8.77. The van der Waals surface area contributed by atoms with E-state index in [-0.39, 0.29) is 23.6 Å². The van der Waals surface area contributed by atoms with Crippen molar-refractivity contribution in [3.8, 4) is 11.6 Å². The number of ether oxygens (including phenoxy) is 1. The van der Waals surface area contributed by atoms with Crippen LogP contribution < -0.4 is 15.8 Å². The summed E-state index contributed by atoms with van der Waals surface area (Å²) in [6.07, 6.45) is 2.41. The van der Waals surface area contributed by atoms with Gasteiger partial charge in [-0.2, -0.15) is 5.10 Å². The topological polar surface area (TPSA) is 112 Å². The first-order valence-electron chi connectivity index (χ1n) is 9.60. The van der Waals surface area contributed by atoms with Crippen molar-refractivity contribution >= 4 is 17.5 Å². The second-order valence-electron chi connectivity index (χ2n) is 7.79. The molecule has 0 fully saturated rings. The molecule has 0 radical (unpaired) electrons. The van der Waals surface area contributed by atoms with E-state index in [4.69, 9.17) is 10.5 Å². The Morgan fingerprint density at radius 2 is 1.90 bits per heavy atom. The fraction of sp³-hybridized carbons (Fsp3) is 0.273. The quantitative estimate of drug-likeness (QED) is 0.625. The standard InChI is InChI=1S/C22H25N5O3/c1-22(2,3)30-20-9-5-6-15(25-20)10-11-19(28)24-16-7-4-8-17(14-16)27-13-12-18(26-27)21(23)29/h4-9,12-14H,10-11H2,1-3H3,(H2,23,29)(H,24,28). The average Bonchev–Trinajstić information content (AvgIpc) is 3.16. The van der Waals surface area contributed by atoms with Gasteiger partial charge < -0.3 is 15.8 Å². The molecule has 0 spiro atoms. The molecule has 0 saturated carbocycles. The first kappa shape index (κ1) is 21.0. The maximum Gasteiger partial charge on any atom is 0.269 e. The van der Waals surface area contributed by atoms with E-state index in [0.29, 0.717) is 23.7 Å². The molecule has 0 atom stereocenters. The molecule has 2 aromatic heterocycles. The van der Waals surface area contributed by atoms with Crippen molar-refractivity contribution in [3.05, 3.63) is 66.1 Å². The molecule has 3 N–H and O–H groups in total. The summed E-state index contributed by atoms with van der Waals surface area (Å²) in [5.41, 5.74) is 7.20. The number of pyridine rings is 1. The molecule has 0 aliphatic carbocycles. The molecule has 2 amide bonds. The maximum atomic E-state index is 12.4. The lowest BCUT2D eigenvalue weighted by Gasteiger charge is -2.20. The van der Waals surface area contributed by atoms with Crippen LogP contribution in [-0.4, -0.2) is 32.2 Å². The van der Waals surface area contributed by atoms with E-state index in [1.807, 2.05) is 39.0 Å². The summed E-state index contributed by atoms with van der Waals surface area (Å²) in [5.74, 6) is -0.180. The molecule has 156 valence electrons. The molecule has 2 heterocycles. The highest BCUT2D eigenvalue weighted by Crippen LogP contribution is 2.17. The third-order valence-corrected chi connectivity index (χ3v) is 4.04. The van der Waals surface area contributed by atoms with Crippen LogP contribution in [0.5, 0.6) is 5.88 Å². The van der Waals surface area contributed by atoms with Crippen LogP contribution in [0, 0.1) is 0 Å². The van der Waals surface area contributed by atoms with Crippen molar-refractivity contribution in [2.45, 2.75) is 39.2 Å². The van der Waals surface area contributed by atoms with Gasteiger partial charge in [0.15, 0.2) is 0 Å². The highest BCUT2D eigenvalue weighted by atomic mass is 16.5. The lowest BCUT2D eigenvalue weighted by atomic mass is 10.2. The van der Waals surface area contributed by atoms with Crippen LogP contribution in [0.25, 0.3) is 5.69 Å². The number of nitrogens with zero attached hydrogens (tertiary/aromatic N) is 3. The van der Waals surface area contributed by atoms with Gasteiger partial charge in [0.25, 0.3) is 5.91 Å². The zero-order valence-electron chi connectivity index (χ0n) is 17.3. The Labute approximate surface area is 175 Å². The minimum Gasteiger partial charge on any atom is -0.472 e. The van der Waals surface area contributed by atoms with E-state index in [1.54, 1.807) is 30.5 Å². The van der Waals surface area contributed by atoms with Gasteiger partial charge in [0, 0.05) is 30.1 Å². The minimum absolute atomic E-state index is 0.130. The van der Waals surface area contributed by atoms with Gasteiger partial charge in [-0.3, -0.25) is 9.59 Å². The van der Waals surface area contributed by atoms with Crippen molar-refractivity contribution in [1.29, 1.82) is 0 Å². The van der Waals surface area contributed by atoms with Crippen LogP contribution in [0.3, 0.4) is 0 Å². The number of amides is 2. The van der Waals surface area contributed by atoms with Crippen LogP contribution in [0.2, 0.25) is 0 Å². The molecule has 8 heteroatoms. The molecule has 8 nitrogen and oxygen atoms in total. The smallest absolute Gasteiger partial charge is 0.269 e. The number of anilines is 1. The molecular formula is C22H25N5O3. The number of aryl methyl sites for hydroxylation is 1. The number of rotatable bonds is 7. The molecule has 3 rings (SSSR count). The van der Waals surface area contributed by atoms with Gasteiger partial charge in [-0.15, -0.1) is 0 Å². The Balaban J connectivity index is 1.60. The van der Waals surface area contributed by atoms with Gasteiger partial charge in [0.2, 0.25) is 11.8 Å². The zero-order valence-corrected chi connectivity index (χ0v) is 17.3. The first-order chi connectivity index (χ1) is 14.2. The Bertz CT molecular complexity index is 1050. The highest BCUT2D eigenvalue weighted by molar-refractivity contribution is 5.91. The van der Waals surface area contributed by atoms with Gasteiger partial charge in [-0.25, -0.2) is 9.67 Å². The van der Waals surface area contributed by atoms with E-state index < -0.39 is 5.91 Å². The molecule has 0 unspecified atom stereocenters. The Kier molecular flexibility index (Phi) is 6.15. The Morgan fingerprint density at radius 1 is 1.13 bits per heavy atom. The van der Waals surface area contributed by atoms with Gasteiger partial charge in [-0.05, 0) is 57.5 Å². The molecule has 0 bridgehead atoms. The van der Waals surface area contributed by atoms with Gasteiger partial charge in [0.1, 0.15) is 11.3 Å². The number of carbonyl (C=O) groups is 2. The summed E-state index contributed by atoms with van der Waals surface area (Å²) in [6.45, 7) is 5.88. The van der Waals surface area contributed by atoms with Crippen molar-refractivity contribution < 1.29 is 14.3 Å². The molecule has 1 aromatic carbocycles. The number of nitrogens with one attached hydrogen (secondary N) is 1. The van der Waals surface area contributed by atoms with Crippen molar-refractivity contribution in [2.75, 3.05) is 5.32 Å². The van der Waals surface area contributed by atoms with Crippen LogP contribution in [0.15, 0.2) is 54.7 Å². The third kappa shape index (κ3) is 5.91. The number of nitrogens with two attached hydrogens (primary N) is 1. The monoisotopic (exact) mass is 407 g/mol. The highest BCUT2D eigenvalue weighted by Gasteiger charge is 2.13. The third-order valence-electron chi connectivity index (χ3n) is 4.04. The maximum absolute atomic E-state index is 12.4. The predicted molar refractivity (Wildman–Crippen MR) is 114 cm³/mol. The number of carbonyl (C=O) groups excluding carboxylic acids is 2. The lowest BCUT2D eigenvalue weighted by Crippen LogP contribution is -2.23. The summed E-state index contributed by atoms with van der Waals surface area (Å²) in [7, 11) is 0. The van der Waals surface area contributed by atoms with E-state index in [1.165, 1.54) is 10.7 Å². The van der Waals surface area contributed by atoms with Crippen molar-refractivity contribution in [2.24, 2.45) is 5.73 Å². The SMILES string of the molecule is CC(C)(C)Oc1cccc(CCC(=O)Nc2cccc(-n3ccc(C(N)=O)n3)c2)n1. The van der Waals surface area contributed by atoms with Gasteiger partial charge in [0.05, 0.1) is 5.69 Å². The van der Waals surface area contributed by atoms with Crippen molar-refractivity contribution in [1.82, 2.24) is 14.8 Å². The molecule has 0 aliphatic rings.